The number of allylic oxidation sites excluding steroid dienone is 2. The normalized spacial score (nSPS) is 26.2. The lowest BCUT2D eigenvalue weighted by atomic mass is 9.96. The third-order valence-electron chi connectivity index (χ3n) is 3.33. The van der Waals surface area contributed by atoms with E-state index in [-0.39, 0.29) is 5.78 Å². The highest BCUT2D eigenvalue weighted by Gasteiger charge is 2.30. The Morgan fingerprint density at radius 2 is 2.17 bits per heavy atom. The van der Waals surface area contributed by atoms with Gasteiger partial charge in [0.25, 0.3) is 0 Å². The summed E-state index contributed by atoms with van der Waals surface area (Å²) < 4.78 is 0. The van der Waals surface area contributed by atoms with E-state index in [9.17, 15) is 15.0 Å². The van der Waals surface area contributed by atoms with Crippen LogP contribution in [0, 0.1) is 5.92 Å². The number of carbonyl (C=O) groups is 1. The molecule has 0 amide bonds. The summed E-state index contributed by atoms with van der Waals surface area (Å²) in [5.74, 6) is -0.464. The van der Waals surface area contributed by atoms with Crippen LogP contribution in [0.2, 0.25) is 0 Å². The van der Waals surface area contributed by atoms with Crippen LogP contribution in [0.4, 0.5) is 0 Å². The summed E-state index contributed by atoms with van der Waals surface area (Å²) in [6.07, 6.45) is 3.49. The Hall–Kier alpha value is -1.19. The van der Waals surface area contributed by atoms with Gasteiger partial charge < -0.3 is 10.2 Å². The van der Waals surface area contributed by atoms with Crippen molar-refractivity contribution in [2.75, 3.05) is 0 Å². The molecule has 1 aliphatic carbocycles. The fourth-order valence-electron chi connectivity index (χ4n) is 2.03. The van der Waals surface area contributed by atoms with Crippen LogP contribution in [0.3, 0.4) is 0 Å². The number of hydrogen-bond acceptors (Lipinski definition) is 3. The van der Waals surface area contributed by atoms with Crippen molar-refractivity contribution >= 4 is 5.78 Å². The zero-order valence-electron chi connectivity index (χ0n) is 11.3. The van der Waals surface area contributed by atoms with Crippen LogP contribution in [0.5, 0.6) is 0 Å². The van der Waals surface area contributed by atoms with Crippen LogP contribution >= 0.6 is 0 Å². The number of aliphatic hydroxyl groups is 2. The van der Waals surface area contributed by atoms with Crippen molar-refractivity contribution in [1.82, 2.24) is 0 Å². The number of Topliss-reactive ketones (excluding diaryl/α,β-unsaturated/α-hetero) is 1. The van der Waals surface area contributed by atoms with E-state index in [0.717, 1.165) is 11.1 Å². The quantitative estimate of drug-likeness (QED) is 0.735. The summed E-state index contributed by atoms with van der Waals surface area (Å²) in [7, 11) is 0. The van der Waals surface area contributed by atoms with Crippen LogP contribution in [0.15, 0.2) is 35.5 Å². The van der Waals surface area contributed by atoms with Gasteiger partial charge in [-0.05, 0) is 45.3 Å². The first-order valence-electron chi connectivity index (χ1n) is 6.24. The van der Waals surface area contributed by atoms with E-state index in [1.165, 1.54) is 0 Å². The van der Waals surface area contributed by atoms with Gasteiger partial charge in [-0.1, -0.05) is 23.8 Å². The molecule has 3 nitrogen and oxygen atoms in total. The summed E-state index contributed by atoms with van der Waals surface area (Å²) >= 11 is 0. The summed E-state index contributed by atoms with van der Waals surface area (Å²) in [4.78, 5) is 11.8. The fourth-order valence-corrected chi connectivity index (χ4v) is 2.03. The molecule has 0 aliphatic heterocycles. The highest BCUT2D eigenvalue weighted by molar-refractivity contribution is 6.01. The lowest BCUT2D eigenvalue weighted by Gasteiger charge is -2.13. The number of rotatable bonds is 5. The second kappa shape index (κ2) is 6.12. The van der Waals surface area contributed by atoms with Gasteiger partial charge in [-0.3, -0.25) is 4.79 Å². The third-order valence-corrected chi connectivity index (χ3v) is 3.33. The molecular weight excluding hydrogens is 228 g/mol. The standard InChI is InChI=1S/C15H22O3/c1-9(2)13(16)6-5-10(3)7-12-14(17)8-11(4)15(12)18/h7-8,12-14,16-17H,1,5-6H2,2-4H3/b10-7-/t12-,13-,14+/m1/s1. The summed E-state index contributed by atoms with van der Waals surface area (Å²) in [5, 5.41) is 19.4. The predicted octanol–water partition coefficient (Wildman–Crippen LogP) is 2.16. The van der Waals surface area contributed by atoms with E-state index in [2.05, 4.69) is 6.58 Å². The molecule has 0 aromatic heterocycles. The Bertz CT molecular complexity index is 404. The van der Waals surface area contributed by atoms with Gasteiger partial charge in [0.15, 0.2) is 5.78 Å². The smallest absolute Gasteiger partial charge is 0.168 e. The lowest BCUT2D eigenvalue weighted by Crippen LogP contribution is -2.18. The molecule has 1 aliphatic rings. The van der Waals surface area contributed by atoms with Gasteiger partial charge in [0.2, 0.25) is 0 Å². The van der Waals surface area contributed by atoms with Gasteiger partial charge in [0.05, 0.1) is 18.1 Å². The molecule has 3 atom stereocenters. The van der Waals surface area contributed by atoms with Crippen molar-refractivity contribution in [2.24, 2.45) is 5.92 Å². The summed E-state index contributed by atoms with van der Waals surface area (Å²) in [5.41, 5.74) is 2.38. The molecule has 0 heterocycles. The molecule has 100 valence electrons. The highest BCUT2D eigenvalue weighted by atomic mass is 16.3. The zero-order chi connectivity index (χ0) is 13.9. The number of carbonyl (C=O) groups excluding carboxylic acids is 1. The van der Waals surface area contributed by atoms with Crippen molar-refractivity contribution in [3.63, 3.8) is 0 Å². The molecule has 18 heavy (non-hydrogen) atoms. The maximum Gasteiger partial charge on any atom is 0.168 e. The van der Waals surface area contributed by atoms with E-state index in [0.29, 0.717) is 18.4 Å². The Labute approximate surface area is 109 Å². The molecule has 2 N–H and O–H groups in total. The van der Waals surface area contributed by atoms with Crippen LogP contribution in [-0.2, 0) is 4.79 Å². The topological polar surface area (TPSA) is 57.5 Å². The van der Waals surface area contributed by atoms with E-state index in [1.807, 2.05) is 13.0 Å². The van der Waals surface area contributed by atoms with Crippen molar-refractivity contribution < 1.29 is 15.0 Å². The summed E-state index contributed by atoms with van der Waals surface area (Å²) in [6, 6.07) is 0. The molecule has 0 saturated carbocycles. The third kappa shape index (κ3) is 3.65. The number of hydrogen-bond donors (Lipinski definition) is 2. The predicted molar refractivity (Wildman–Crippen MR) is 72.1 cm³/mol. The van der Waals surface area contributed by atoms with E-state index < -0.39 is 18.1 Å². The summed E-state index contributed by atoms with van der Waals surface area (Å²) in [6.45, 7) is 9.13. The SMILES string of the molecule is C=C(C)[C@H](O)CC/C(C)=C\[C@H]1C(=O)C(C)=C[C@@H]1O. The van der Waals surface area contributed by atoms with Gasteiger partial charge >= 0.3 is 0 Å². The van der Waals surface area contributed by atoms with Gasteiger partial charge in [0.1, 0.15) is 0 Å². The van der Waals surface area contributed by atoms with Crippen molar-refractivity contribution in [2.45, 2.75) is 45.8 Å². The molecule has 0 spiro atoms. The molecule has 0 unspecified atom stereocenters. The molecular formula is C15H22O3. The van der Waals surface area contributed by atoms with Gasteiger partial charge in [0, 0.05) is 0 Å². The van der Waals surface area contributed by atoms with Crippen LogP contribution in [-0.4, -0.2) is 28.2 Å². The van der Waals surface area contributed by atoms with Crippen molar-refractivity contribution in [3.05, 3.63) is 35.5 Å². The van der Waals surface area contributed by atoms with Crippen LogP contribution in [0.25, 0.3) is 0 Å². The zero-order valence-corrected chi connectivity index (χ0v) is 11.3. The average Bonchev–Trinajstić information content (AvgIpc) is 2.52. The van der Waals surface area contributed by atoms with E-state index in [4.69, 9.17) is 0 Å². The minimum atomic E-state index is -0.710. The fraction of sp³-hybridized carbons (Fsp3) is 0.533. The van der Waals surface area contributed by atoms with Crippen LogP contribution < -0.4 is 0 Å². The number of ketones is 1. The van der Waals surface area contributed by atoms with Crippen molar-refractivity contribution in [1.29, 1.82) is 0 Å². The minimum Gasteiger partial charge on any atom is -0.389 e. The maximum atomic E-state index is 11.8. The Balaban J connectivity index is 2.57. The largest absolute Gasteiger partial charge is 0.389 e. The molecule has 0 aromatic rings. The highest BCUT2D eigenvalue weighted by Crippen LogP contribution is 2.25. The first kappa shape index (κ1) is 14.9. The van der Waals surface area contributed by atoms with Crippen LogP contribution in [0.1, 0.15) is 33.6 Å². The lowest BCUT2D eigenvalue weighted by molar-refractivity contribution is -0.118. The second-order valence-corrected chi connectivity index (χ2v) is 5.14. The first-order valence-corrected chi connectivity index (χ1v) is 6.24. The Morgan fingerprint density at radius 3 is 2.61 bits per heavy atom. The molecule has 0 fully saturated rings. The van der Waals surface area contributed by atoms with Gasteiger partial charge in [-0.2, -0.15) is 0 Å². The minimum absolute atomic E-state index is 0.0118. The molecule has 0 bridgehead atoms. The Kier molecular flexibility index (Phi) is 5.05. The number of aliphatic hydroxyl groups excluding tert-OH is 2. The van der Waals surface area contributed by atoms with E-state index in [1.54, 1.807) is 19.9 Å². The molecule has 0 aromatic carbocycles. The first-order chi connectivity index (χ1) is 8.32. The second-order valence-electron chi connectivity index (χ2n) is 5.14. The monoisotopic (exact) mass is 250 g/mol. The van der Waals surface area contributed by atoms with Gasteiger partial charge in [-0.25, -0.2) is 0 Å². The molecule has 0 saturated heterocycles. The Morgan fingerprint density at radius 1 is 1.56 bits per heavy atom. The van der Waals surface area contributed by atoms with Gasteiger partial charge in [-0.15, -0.1) is 0 Å². The van der Waals surface area contributed by atoms with E-state index >= 15 is 0 Å². The molecule has 0 radical (unpaired) electrons. The average molecular weight is 250 g/mol. The maximum absolute atomic E-state index is 11.8. The van der Waals surface area contributed by atoms with Crippen molar-refractivity contribution in [3.8, 4) is 0 Å². The molecule has 3 heteroatoms. The molecule has 1 rings (SSSR count).